The van der Waals surface area contributed by atoms with Gasteiger partial charge in [0.2, 0.25) is 5.91 Å². The van der Waals surface area contributed by atoms with Crippen LogP contribution in [-0.2, 0) is 4.79 Å². The summed E-state index contributed by atoms with van der Waals surface area (Å²) < 4.78 is 5.53. The summed E-state index contributed by atoms with van der Waals surface area (Å²) in [5.74, 6) is 0.814. The lowest BCUT2D eigenvalue weighted by molar-refractivity contribution is -0.122. The molecule has 1 aliphatic carbocycles. The van der Waals surface area contributed by atoms with Crippen LogP contribution in [0.25, 0.3) is 0 Å². The standard InChI is InChI=1S/C16H24N2O2/c1-16(2)10-3-4-14(16)18-15(19)9-11-20-13-7-5-12(17)6-8-13/h5-8,14H,3-4,9-11,17H2,1-2H3,(H,18,19). The molecule has 0 radical (unpaired) electrons. The van der Waals surface area contributed by atoms with E-state index >= 15 is 0 Å². The molecule has 4 heteroatoms. The van der Waals surface area contributed by atoms with Gasteiger partial charge in [0.05, 0.1) is 13.0 Å². The summed E-state index contributed by atoms with van der Waals surface area (Å²) in [5, 5.41) is 3.13. The highest BCUT2D eigenvalue weighted by atomic mass is 16.5. The fraction of sp³-hybridized carbons (Fsp3) is 0.562. The maximum atomic E-state index is 11.9. The first-order valence-corrected chi connectivity index (χ1v) is 7.25. The molecule has 0 saturated heterocycles. The Hall–Kier alpha value is -1.71. The molecule has 3 N–H and O–H groups in total. The van der Waals surface area contributed by atoms with Crippen molar-refractivity contribution in [3.05, 3.63) is 24.3 Å². The van der Waals surface area contributed by atoms with Gasteiger partial charge in [0, 0.05) is 11.7 Å². The number of hydrogen-bond acceptors (Lipinski definition) is 3. The highest BCUT2D eigenvalue weighted by Crippen LogP contribution is 2.37. The van der Waals surface area contributed by atoms with Crippen molar-refractivity contribution in [2.75, 3.05) is 12.3 Å². The van der Waals surface area contributed by atoms with Gasteiger partial charge in [-0.05, 0) is 42.5 Å². The van der Waals surface area contributed by atoms with E-state index in [4.69, 9.17) is 10.5 Å². The second kappa shape index (κ2) is 6.16. The SMILES string of the molecule is CC1(C)CCCC1NC(=O)CCOc1ccc(N)cc1. The van der Waals surface area contributed by atoms with E-state index in [-0.39, 0.29) is 11.3 Å². The molecule has 0 aliphatic heterocycles. The van der Waals surface area contributed by atoms with Crippen LogP contribution in [0.4, 0.5) is 5.69 Å². The fourth-order valence-electron chi connectivity index (χ4n) is 2.69. The third kappa shape index (κ3) is 3.89. The lowest BCUT2D eigenvalue weighted by Crippen LogP contribution is -2.41. The molecule has 1 aromatic rings. The average molecular weight is 276 g/mol. The summed E-state index contributed by atoms with van der Waals surface area (Å²) in [4.78, 5) is 11.9. The van der Waals surface area contributed by atoms with E-state index in [2.05, 4.69) is 19.2 Å². The van der Waals surface area contributed by atoms with Crippen LogP contribution >= 0.6 is 0 Å². The van der Waals surface area contributed by atoms with Gasteiger partial charge in [-0.15, -0.1) is 0 Å². The number of nitrogens with one attached hydrogen (secondary N) is 1. The molecule has 20 heavy (non-hydrogen) atoms. The third-order valence-electron chi connectivity index (χ3n) is 4.07. The number of rotatable bonds is 5. The van der Waals surface area contributed by atoms with Gasteiger partial charge < -0.3 is 15.8 Å². The second-order valence-electron chi connectivity index (χ2n) is 6.17. The predicted molar refractivity (Wildman–Crippen MR) is 80.5 cm³/mol. The number of carbonyl (C=O) groups is 1. The maximum absolute atomic E-state index is 11.9. The van der Waals surface area contributed by atoms with E-state index < -0.39 is 0 Å². The molecule has 4 nitrogen and oxygen atoms in total. The van der Waals surface area contributed by atoms with Crippen molar-refractivity contribution < 1.29 is 9.53 Å². The smallest absolute Gasteiger partial charge is 0.223 e. The average Bonchev–Trinajstić information content (AvgIpc) is 2.71. The molecule has 0 heterocycles. The highest BCUT2D eigenvalue weighted by molar-refractivity contribution is 5.76. The van der Waals surface area contributed by atoms with Crippen LogP contribution in [0.1, 0.15) is 39.5 Å². The van der Waals surface area contributed by atoms with E-state index in [0.717, 1.165) is 12.2 Å². The maximum Gasteiger partial charge on any atom is 0.223 e. The Balaban J connectivity index is 1.71. The molecule has 0 bridgehead atoms. The summed E-state index contributed by atoms with van der Waals surface area (Å²) in [7, 11) is 0. The minimum absolute atomic E-state index is 0.0698. The molecule has 0 aromatic heterocycles. The van der Waals surface area contributed by atoms with Crippen LogP contribution in [0.3, 0.4) is 0 Å². The first-order valence-electron chi connectivity index (χ1n) is 7.25. The van der Waals surface area contributed by atoms with Gasteiger partial charge in [-0.25, -0.2) is 0 Å². The molecule has 1 fully saturated rings. The van der Waals surface area contributed by atoms with Gasteiger partial charge in [0.15, 0.2) is 0 Å². The molecule has 0 spiro atoms. The van der Waals surface area contributed by atoms with Crippen molar-refractivity contribution in [3.63, 3.8) is 0 Å². The Kier molecular flexibility index (Phi) is 4.53. The molecule has 1 amide bonds. The van der Waals surface area contributed by atoms with Crippen molar-refractivity contribution in [1.82, 2.24) is 5.32 Å². The summed E-state index contributed by atoms with van der Waals surface area (Å²) in [6.07, 6.45) is 3.84. The van der Waals surface area contributed by atoms with Gasteiger partial charge in [0.1, 0.15) is 5.75 Å². The van der Waals surface area contributed by atoms with Crippen LogP contribution in [0.5, 0.6) is 5.75 Å². The zero-order valence-electron chi connectivity index (χ0n) is 12.3. The van der Waals surface area contributed by atoms with Crippen LogP contribution in [0.2, 0.25) is 0 Å². The molecule has 110 valence electrons. The van der Waals surface area contributed by atoms with Crippen LogP contribution in [0.15, 0.2) is 24.3 Å². The molecule has 1 atom stereocenters. The lowest BCUT2D eigenvalue weighted by Gasteiger charge is -2.27. The highest BCUT2D eigenvalue weighted by Gasteiger charge is 2.35. The topological polar surface area (TPSA) is 64.3 Å². The number of carbonyl (C=O) groups excluding carboxylic acids is 1. The van der Waals surface area contributed by atoms with E-state index in [0.29, 0.717) is 24.8 Å². The van der Waals surface area contributed by atoms with Crippen LogP contribution < -0.4 is 15.8 Å². The number of amides is 1. The number of nitrogens with two attached hydrogens (primary N) is 1. The number of hydrogen-bond donors (Lipinski definition) is 2. The van der Waals surface area contributed by atoms with Crippen molar-refractivity contribution in [3.8, 4) is 5.75 Å². The Labute approximate surface area is 120 Å². The molecule has 1 saturated carbocycles. The fourth-order valence-corrected chi connectivity index (χ4v) is 2.69. The summed E-state index contributed by atoms with van der Waals surface area (Å²) in [5.41, 5.74) is 6.52. The minimum Gasteiger partial charge on any atom is -0.493 e. The van der Waals surface area contributed by atoms with Gasteiger partial charge in [-0.2, -0.15) is 0 Å². The third-order valence-corrected chi connectivity index (χ3v) is 4.07. The van der Waals surface area contributed by atoms with E-state index in [9.17, 15) is 4.79 Å². The van der Waals surface area contributed by atoms with E-state index in [1.54, 1.807) is 12.1 Å². The summed E-state index contributed by atoms with van der Waals surface area (Å²) >= 11 is 0. The minimum atomic E-state index is 0.0698. The van der Waals surface area contributed by atoms with Crippen molar-refractivity contribution in [2.24, 2.45) is 5.41 Å². The lowest BCUT2D eigenvalue weighted by atomic mass is 9.87. The zero-order valence-corrected chi connectivity index (χ0v) is 12.3. The number of anilines is 1. The Morgan fingerprint density at radius 2 is 2.10 bits per heavy atom. The second-order valence-corrected chi connectivity index (χ2v) is 6.17. The molecule has 1 aliphatic rings. The normalized spacial score (nSPS) is 20.6. The van der Waals surface area contributed by atoms with Crippen molar-refractivity contribution >= 4 is 11.6 Å². The van der Waals surface area contributed by atoms with E-state index in [1.165, 1.54) is 12.8 Å². The largest absolute Gasteiger partial charge is 0.493 e. The van der Waals surface area contributed by atoms with Crippen LogP contribution in [-0.4, -0.2) is 18.6 Å². The van der Waals surface area contributed by atoms with Gasteiger partial charge in [0.25, 0.3) is 0 Å². The Bertz CT molecular complexity index is 454. The number of benzene rings is 1. The summed E-state index contributed by atoms with van der Waals surface area (Å²) in [6, 6.07) is 7.50. The van der Waals surface area contributed by atoms with Crippen molar-refractivity contribution in [1.29, 1.82) is 0 Å². The number of nitrogen functional groups attached to an aromatic ring is 1. The molecular formula is C16H24N2O2. The van der Waals surface area contributed by atoms with E-state index in [1.807, 2.05) is 12.1 Å². The predicted octanol–water partition coefficient (Wildman–Crippen LogP) is 2.73. The van der Waals surface area contributed by atoms with Gasteiger partial charge >= 0.3 is 0 Å². The first kappa shape index (κ1) is 14.7. The van der Waals surface area contributed by atoms with Gasteiger partial charge in [-0.3, -0.25) is 4.79 Å². The number of ether oxygens (including phenoxy) is 1. The summed E-state index contributed by atoms with van der Waals surface area (Å²) in [6.45, 7) is 4.83. The quantitative estimate of drug-likeness (QED) is 0.813. The molecule has 2 rings (SSSR count). The zero-order chi connectivity index (χ0) is 14.6. The molecule has 1 aromatic carbocycles. The van der Waals surface area contributed by atoms with Crippen molar-refractivity contribution in [2.45, 2.75) is 45.6 Å². The van der Waals surface area contributed by atoms with Crippen LogP contribution in [0, 0.1) is 5.41 Å². The van der Waals surface area contributed by atoms with Gasteiger partial charge in [-0.1, -0.05) is 20.3 Å². The molecular weight excluding hydrogens is 252 g/mol. The molecule has 1 unspecified atom stereocenters. The Morgan fingerprint density at radius 3 is 2.70 bits per heavy atom. The first-order chi connectivity index (χ1) is 9.47. The monoisotopic (exact) mass is 276 g/mol. The Morgan fingerprint density at radius 1 is 1.40 bits per heavy atom.